The normalized spacial score (nSPS) is 12.9. The maximum absolute atomic E-state index is 14.6. The van der Waals surface area contributed by atoms with Crippen molar-refractivity contribution in [3.63, 3.8) is 0 Å². The highest BCUT2D eigenvalue weighted by Gasteiger charge is 2.18. The first kappa shape index (κ1) is 20.2. The van der Waals surface area contributed by atoms with Crippen molar-refractivity contribution in [2.24, 2.45) is 0 Å². The second-order valence-corrected chi connectivity index (χ2v) is 6.49. The zero-order chi connectivity index (χ0) is 17.8. The van der Waals surface area contributed by atoms with Crippen LogP contribution in [0, 0.1) is 5.82 Å². The summed E-state index contributed by atoms with van der Waals surface area (Å²) in [6.45, 7) is 5.30. The number of ether oxygens (including phenoxy) is 1. The molecular formula is C20H24ClFN2O2. The molecule has 1 aliphatic heterocycles. The van der Waals surface area contributed by atoms with E-state index in [-0.39, 0.29) is 42.3 Å². The summed E-state index contributed by atoms with van der Waals surface area (Å²) in [4.78, 5) is 12.4. The number of hydrogen-bond donors (Lipinski definition) is 2. The van der Waals surface area contributed by atoms with Gasteiger partial charge in [-0.1, -0.05) is 24.3 Å². The van der Waals surface area contributed by atoms with Gasteiger partial charge in [0.1, 0.15) is 11.6 Å². The van der Waals surface area contributed by atoms with E-state index in [0.29, 0.717) is 24.3 Å². The van der Waals surface area contributed by atoms with Crippen molar-refractivity contribution in [1.29, 1.82) is 0 Å². The van der Waals surface area contributed by atoms with Crippen molar-refractivity contribution in [2.45, 2.75) is 39.3 Å². The van der Waals surface area contributed by atoms with Gasteiger partial charge in [-0.3, -0.25) is 4.79 Å². The summed E-state index contributed by atoms with van der Waals surface area (Å²) in [6, 6.07) is 10.9. The highest BCUT2D eigenvalue weighted by molar-refractivity contribution is 5.93. The minimum absolute atomic E-state index is 0. The second kappa shape index (κ2) is 9.01. The average molecular weight is 379 g/mol. The van der Waals surface area contributed by atoms with Gasteiger partial charge >= 0.3 is 0 Å². The minimum Gasteiger partial charge on any atom is -0.491 e. The molecule has 0 fully saturated rings. The number of hydrogen-bond acceptors (Lipinski definition) is 3. The van der Waals surface area contributed by atoms with Gasteiger partial charge in [0.15, 0.2) is 0 Å². The molecule has 0 saturated carbocycles. The van der Waals surface area contributed by atoms with E-state index >= 15 is 0 Å². The SMILES string of the molecule is CC(C)Oc1ccccc1CC(=O)Nc1ccc2c(c1F)CCNC2.Cl. The Kier molecular flexibility index (Phi) is 7.00. The number of carbonyl (C=O) groups is 1. The Morgan fingerprint density at radius 2 is 2.04 bits per heavy atom. The van der Waals surface area contributed by atoms with Crippen LogP contribution in [0.4, 0.5) is 10.1 Å². The molecule has 0 spiro atoms. The summed E-state index contributed by atoms with van der Waals surface area (Å²) in [7, 11) is 0. The van der Waals surface area contributed by atoms with Gasteiger partial charge in [-0.25, -0.2) is 4.39 Å². The van der Waals surface area contributed by atoms with Crippen LogP contribution in [0.1, 0.15) is 30.5 Å². The molecular weight excluding hydrogens is 355 g/mol. The number of benzene rings is 2. The number of nitrogens with one attached hydrogen (secondary N) is 2. The molecule has 4 nitrogen and oxygen atoms in total. The second-order valence-electron chi connectivity index (χ2n) is 6.49. The molecule has 2 aromatic carbocycles. The Labute approximate surface area is 159 Å². The van der Waals surface area contributed by atoms with Gasteiger partial charge < -0.3 is 15.4 Å². The number of anilines is 1. The number of fused-ring (bicyclic) bond motifs is 1. The molecule has 0 bridgehead atoms. The molecule has 6 heteroatoms. The van der Waals surface area contributed by atoms with Crippen LogP contribution in [0.2, 0.25) is 0 Å². The third kappa shape index (κ3) is 4.74. The minimum atomic E-state index is -0.320. The molecule has 140 valence electrons. The van der Waals surface area contributed by atoms with Gasteiger partial charge in [0.05, 0.1) is 18.2 Å². The molecule has 0 atom stereocenters. The predicted molar refractivity (Wildman–Crippen MR) is 104 cm³/mol. The molecule has 2 N–H and O–H groups in total. The lowest BCUT2D eigenvalue weighted by molar-refractivity contribution is -0.115. The molecule has 1 aliphatic rings. The van der Waals surface area contributed by atoms with E-state index in [9.17, 15) is 9.18 Å². The Morgan fingerprint density at radius 3 is 2.81 bits per heavy atom. The largest absolute Gasteiger partial charge is 0.491 e. The van der Waals surface area contributed by atoms with Crippen LogP contribution in [-0.4, -0.2) is 18.6 Å². The van der Waals surface area contributed by atoms with E-state index in [0.717, 1.165) is 17.7 Å². The zero-order valence-electron chi connectivity index (χ0n) is 15.0. The molecule has 0 aliphatic carbocycles. The Morgan fingerprint density at radius 1 is 1.27 bits per heavy atom. The number of carbonyl (C=O) groups excluding carboxylic acids is 1. The third-order valence-electron chi connectivity index (χ3n) is 4.17. The van der Waals surface area contributed by atoms with E-state index < -0.39 is 0 Å². The lowest BCUT2D eigenvalue weighted by Gasteiger charge is -2.19. The number of para-hydroxylation sites is 1. The maximum atomic E-state index is 14.6. The number of rotatable bonds is 5. The van der Waals surface area contributed by atoms with Gasteiger partial charge in [-0.05, 0) is 50.1 Å². The van der Waals surface area contributed by atoms with Gasteiger partial charge in [-0.15, -0.1) is 12.4 Å². The van der Waals surface area contributed by atoms with E-state index in [1.54, 1.807) is 6.07 Å². The van der Waals surface area contributed by atoms with Crippen LogP contribution < -0.4 is 15.4 Å². The van der Waals surface area contributed by atoms with Crippen molar-refractivity contribution in [2.75, 3.05) is 11.9 Å². The Hall–Kier alpha value is -2.11. The van der Waals surface area contributed by atoms with Crippen molar-refractivity contribution in [3.8, 4) is 5.75 Å². The van der Waals surface area contributed by atoms with Gasteiger partial charge in [0.25, 0.3) is 0 Å². The topological polar surface area (TPSA) is 50.4 Å². The van der Waals surface area contributed by atoms with E-state index in [1.807, 2.05) is 44.2 Å². The van der Waals surface area contributed by atoms with E-state index in [2.05, 4.69) is 10.6 Å². The van der Waals surface area contributed by atoms with Crippen LogP contribution in [-0.2, 0) is 24.2 Å². The molecule has 0 aromatic heterocycles. The first-order valence-corrected chi connectivity index (χ1v) is 8.60. The average Bonchev–Trinajstić information content (AvgIpc) is 2.59. The number of halogens is 2. The lowest BCUT2D eigenvalue weighted by atomic mass is 9.99. The summed E-state index contributed by atoms with van der Waals surface area (Å²) in [6.07, 6.45) is 0.799. The van der Waals surface area contributed by atoms with Gasteiger partial charge in [-0.2, -0.15) is 0 Å². The maximum Gasteiger partial charge on any atom is 0.229 e. The number of amides is 1. The van der Waals surface area contributed by atoms with E-state index in [1.165, 1.54) is 0 Å². The fourth-order valence-electron chi connectivity index (χ4n) is 3.02. The summed E-state index contributed by atoms with van der Waals surface area (Å²) < 4.78 is 20.4. The summed E-state index contributed by atoms with van der Waals surface area (Å²) >= 11 is 0. The van der Waals surface area contributed by atoms with Crippen molar-refractivity contribution >= 4 is 24.0 Å². The Bertz CT molecular complexity index is 780. The van der Waals surface area contributed by atoms with Gasteiger partial charge in [0.2, 0.25) is 5.91 Å². The molecule has 0 unspecified atom stereocenters. The summed E-state index contributed by atoms with van der Waals surface area (Å²) in [5.41, 5.74) is 2.68. The Balaban J connectivity index is 0.00000243. The molecule has 1 heterocycles. The standard InChI is InChI=1S/C20H23FN2O2.ClH/c1-13(2)25-18-6-4-3-5-14(18)11-19(24)23-17-8-7-15-12-22-10-9-16(15)20(17)21;/h3-8,13,22H,9-12H2,1-2H3,(H,23,24);1H. The van der Waals surface area contributed by atoms with Crippen molar-refractivity contribution in [3.05, 3.63) is 58.9 Å². The van der Waals surface area contributed by atoms with Crippen molar-refractivity contribution < 1.29 is 13.9 Å². The summed E-state index contributed by atoms with van der Waals surface area (Å²) in [5.74, 6) is 0.108. The third-order valence-corrected chi connectivity index (χ3v) is 4.17. The molecule has 0 saturated heterocycles. The van der Waals surface area contributed by atoms with Crippen LogP contribution in [0.3, 0.4) is 0 Å². The molecule has 26 heavy (non-hydrogen) atoms. The quantitative estimate of drug-likeness (QED) is 0.830. The highest BCUT2D eigenvalue weighted by Crippen LogP contribution is 2.25. The molecule has 3 rings (SSSR count). The fourth-order valence-corrected chi connectivity index (χ4v) is 3.02. The van der Waals surface area contributed by atoms with Crippen molar-refractivity contribution in [1.82, 2.24) is 5.32 Å². The first-order valence-electron chi connectivity index (χ1n) is 8.60. The van der Waals surface area contributed by atoms with Gasteiger partial charge in [0, 0.05) is 12.1 Å². The van der Waals surface area contributed by atoms with Crippen LogP contribution in [0.25, 0.3) is 0 Å². The van der Waals surface area contributed by atoms with Crippen LogP contribution in [0.5, 0.6) is 5.75 Å². The zero-order valence-corrected chi connectivity index (χ0v) is 15.8. The smallest absolute Gasteiger partial charge is 0.229 e. The lowest BCUT2D eigenvalue weighted by Crippen LogP contribution is -2.25. The molecule has 1 amide bonds. The molecule has 2 aromatic rings. The fraction of sp³-hybridized carbons (Fsp3) is 0.350. The van der Waals surface area contributed by atoms with E-state index in [4.69, 9.17) is 4.74 Å². The summed E-state index contributed by atoms with van der Waals surface area (Å²) in [5, 5.41) is 5.91. The highest BCUT2D eigenvalue weighted by atomic mass is 35.5. The predicted octanol–water partition coefficient (Wildman–Crippen LogP) is 3.86. The van der Waals surface area contributed by atoms with Crippen LogP contribution in [0.15, 0.2) is 36.4 Å². The van der Waals surface area contributed by atoms with Crippen LogP contribution >= 0.6 is 12.4 Å². The first-order chi connectivity index (χ1) is 12.0. The monoisotopic (exact) mass is 378 g/mol. The molecule has 0 radical (unpaired) electrons.